The van der Waals surface area contributed by atoms with E-state index in [4.69, 9.17) is 9.47 Å². The molecule has 0 bridgehead atoms. The van der Waals surface area contributed by atoms with Gasteiger partial charge in [0.25, 0.3) is 0 Å². The molecular formula is C35H28N2O5. The normalized spacial score (nSPS) is 23.1. The van der Waals surface area contributed by atoms with Gasteiger partial charge in [-0.15, -0.1) is 0 Å². The number of amides is 1. The highest BCUT2D eigenvalue weighted by atomic mass is 16.5. The van der Waals surface area contributed by atoms with E-state index in [1.54, 1.807) is 62.8 Å². The van der Waals surface area contributed by atoms with Crippen molar-refractivity contribution in [1.82, 2.24) is 4.90 Å². The topological polar surface area (TPSA) is 84.9 Å². The maximum absolute atomic E-state index is 14.8. The molecule has 7 nitrogen and oxygen atoms in total. The van der Waals surface area contributed by atoms with Crippen molar-refractivity contribution in [1.29, 1.82) is 0 Å². The van der Waals surface area contributed by atoms with Crippen LogP contribution in [-0.2, 0) is 10.2 Å². The second-order valence-electron chi connectivity index (χ2n) is 10.8. The van der Waals surface area contributed by atoms with E-state index in [-0.39, 0.29) is 17.5 Å². The molecule has 4 aromatic carbocycles. The molecule has 0 unspecified atom stereocenters. The summed E-state index contributed by atoms with van der Waals surface area (Å²) in [5.41, 5.74) is 2.62. The molecular weight excluding hydrogens is 528 g/mol. The summed E-state index contributed by atoms with van der Waals surface area (Å²) in [4.78, 5) is 45.9. The van der Waals surface area contributed by atoms with E-state index in [1.807, 2.05) is 65.7 Å². The number of hydrogen-bond donors (Lipinski definition) is 1. The smallest absolute Gasteiger partial charge is 0.238 e. The molecule has 1 N–H and O–H groups in total. The average Bonchev–Trinajstić information content (AvgIpc) is 3.52. The molecule has 3 aliphatic heterocycles. The van der Waals surface area contributed by atoms with E-state index >= 15 is 0 Å². The molecule has 0 aliphatic carbocycles. The van der Waals surface area contributed by atoms with Gasteiger partial charge in [0.2, 0.25) is 5.91 Å². The van der Waals surface area contributed by atoms with Crippen LogP contribution in [0.2, 0.25) is 0 Å². The summed E-state index contributed by atoms with van der Waals surface area (Å²) in [6.45, 7) is 0. The van der Waals surface area contributed by atoms with Gasteiger partial charge in [0, 0.05) is 23.0 Å². The van der Waals surface area contributed by atoms with E-state index in [0.717, 1.165) is 11.1 Å². The van der Waals surface area contributed by atoms with Crippen molar-refractivity contribution in [2.45, 2.75) is 17.5 Å². The third-order valence-corrected chi connectivity index (χ3v) is 8.85. The van der Waals surface area contributed by atoms with Gasteiger partial charge in [-0.05, 0) is 65.2 Å². The molecule has 7 heteroatoms. The Bertz CT molecular complexity index is 1780. The van der Waals surface area contributed by atoms with Crippen molar-refractivity contribution in [2.24, 2.45) is 5.92 Å². The molecule has 7 rings (SSSR count). The number of rotatable bonds is 6. The molecule has 3 aliphatic rings. The van der Waals surface area contributed by atoms with E-state index < -0.39 is 23.4 Å². The van der Waals surface area contributed by atoms with Gasteiger partial charge in [-0.2, -0.15) is 0 Å². The summed E-state index contributed by atoms with van der Waals surface area (Å²) in [5, 5.41) is 3.07. The summed E-state index contributed by atoms with van der Waals surface area (Å²) in [5.74, 6) is -0.748. The van der Waals surface area contributed by atoms with Crippen LogP contribution in [0.5, 0.6) is 11.5 Å². The number of benzene rings is 4. The van der Waals surface area contributed by atoms with Crippen LogP contribution in [0.1, 0.15) is 43.4 Å². The number of nitrogens with zero attached hydrogens (tertiary/aromatic N) is 1. The van der Waals surface area contributed by atoms with Crippen LogP contribution in [0.3, 0.4) is 0 Å². The van der Waals surface area contributed by atoms with Crippen LogP contribution in [0.4, 0.5) is 5.69 Å². The Kier molecular flexibility index (Phi) is 5.97. The number of Topliss-reactive ketones (excluding diaryl/α,β-unsaturated/α-hetero) is 2. The second kappa shape index (κ2) is 9.73. The summed E-state index contributed by atoms with van der Waals surface area (Å²) < 4.78 is 10.7. The Balaban J connectivity index is 1.52. The Hall–Kier alpha value is -5.17. The number of para-hydroxylation sites is 1. The van der Waals surface area contributed by atoms with Gasteiger partial charge in [0.05, 0.1) is 26.2 Å². The quantitative estimate of drug-likeness (QED) is 0.308. The first-order valence-corrected chi connectivity index (χ1v) is 13.8. The minimum Gasteiger partial charge on any atom is -0.497 e. The molecule has 4 aromatic rings. The zero-order valence-electron chi connectivity index (χ0n) is 23.1. The van der Waals surface area contributed by atoms with Gasteiger partial charge in [0.1, 0.15) is 23.0 Å². The van der Waals surface area contributed by atoms with Crippen LogP contribution in [0.25, 0.3) is 6.08 Å². The monoisotopic (exact) mass is 556 g/mol. The van der Waals surface area contributed by atoms with Gasteiger partial charge < -0.3 is 19.7 Å². The summed E-state index contributed by atoms with van der Waals surface area (Å²) >= 11 is 0. The number of ether oxygens (including phenoxy) is 2. The molecule has 1 saturated heterocycles. The number of nitrogens with one attached hydrogen (secondary N) is 1. The third-order valence-electron chi connectivity index (χ3n) is 8.85. The lowest BCUT2D eigenvalue weighted by Crippen LogP contribution is -2.49. The fraction of sp³-hybridized carbons (Fsp3) is 0.171. The molecule has 1 fully saturated rings. The molecule has 3 heterocycles. The van der Waals surface area contributed by atoms with Crippen LogP contribution in [0.15, 0.2) is 103 Å². The molecule has 0 radical (unpaired) electrons. The Morgan fingerprint density at radius 2 is 1.52 bits per heavy atom. The number of anilines is 1. The second-order valence-corrected chi connectivity index (χ2v) is 10.8. The molecule has 208 valence electrons. The van der Waals surface area contributed by atoms with Crippen LogP contribution in [-0.4, -0.2) is 42.6 Å². The highest BCUT2D eigenvalue weighted by Crippen LogP contribution is 2.62. The van der Waals surface area contributed by atoms with Gasteiger partial charge in [-0.1, -0.05) is 54.6 Å². The first-order chi connectivity index (χ1) is 20.5. The highest BCUT2D eigenvalue weighted by Gasteiger charge is 2.70. The zero-order valence-corrected chi connectivity index (χ0v) is 23.1. The van der Waals surface area contributed by atoms with E-state index in [1.165, 1.54) is 0 Å². The van der Waals surface area contributed by atoms with Crippen molar-refractivity contribution in [3.63, 3.8) is 0 Å². The largest absolute Gasteiger partial charge is 0.497 e. The van der Waals surface area contributed by atoms with Crippen molar-refractivity contribution in [2.75, 3.05) is 19.5 Å². The standard InChI is InChI=1S/C35H28N2O5/c1-41-24-16-14-22(15-17-24)31(38)29-30(32(39)23-9-7-10-25(20-23)42-2)37-19-18-21-8-3-4-11-26(21)33(37)35(29)27-12-5-6-13-28(27)36-34(35)40/h3-20,29-30,33H,1-2H3,(H,36,40)/t29-,30+,33-,35-/m0/s1. The number of methoxy groups -OCH3 is 2. The lowest BCUT2D eigenvalue weighted by atomic mass is 9.62. The van der Waals surface area contributed by atoms with Gasteiger partial charge in [0.15, 0.2) is 11.6 Å². The maximum atomic E-state index is 14.8. The Labute approximate surface area is 243 Å². The van der Waals surface area contributed by atoms with E-state index in [9.17, 15) is 14.4 Å². The lowest BCUT2D eigenvalue weighted by Gasteiger charge is -2.38. The van der Waals surface area contributed by atoms with Gasteiger partial charge >= 0.3 is 0 Å². The third kappa shape index (κ3) is 3.56. The molecule has 0 aromatic heterocycles. The summed E-state index contributed by atoms with van der Waals surface area (Å²) in [6, 6.07) is 27.5. The average molecular weight is 557 g/mol. The van der Waals surface area contributed by atoms with Gasteiger partial charge in [-0.3, -0.25) is 14.4 Å². The molecule has 42 heavy (non-hydrogen) atoms. The molecule has 0 saturated carbocycles. The summed E-state index contributed by atoms with van der Waals surface area (Å²) in [7, 11) is 3.11. The molecule has 4 atom stereocenters. The number of ketones is 2. The van der Waals surface area contributed by atoms with E-state index in [0.29, 0.717) is 33.9 Å². The minimum absolute atomic E-state index is 0.260. The first-order valence-electron chi connectivity index (χ1n) is 13.8. The Morgan fingerprint density at radius 1 is 0.786 bits per heavy atom. The van der Waals surface area contributed by atoms with Gasteiger partial charge in [-0.25, -0.2) is 0 Å². The predicted octanol–water partition coefficient (Wildman–Crippen LogP) is 5.69. The maximum Gasteiger partial charge on any atom is 0.238 e. The fourth-order valence-electron chi connectivity index (χ4n) is 7.05. The van der Waals surface area contributed by atoms with Crippen molar-refractivity contribution >= 4 is 29.2 Å². The number of hydrogen-bond acceptors (Lipinski definition) is 6. The number of carbonyl (C=O) groups is 3. The molecule has 1 amide bonds. The zero-order chi connectivity index (χ0) is 29.0. The SMILES string of the molecule is COc1ccc(C(=O)[C@@H]2[C@H](C(=O)c3cccc(OC)c3)N3C=Cc4ccccc4[C@H]3[C@@]23C(=O)Nc2ccccc23)cc1. The highest BCUT2D eigenvalue weighted by molar-refractivity contribution is 6.16. The Morgan fingerprint density at radius 3 is 2.31 bits per heavy atom. The van der Waals surface area contributed by atoms with Crippen LogP contribution < -0.4 is 14.8 Å². The number of fused-ring (bicyclic) bond motifs is 6. The predicted molar refractivity (Wildman–Crippen MR) is 159 cm³/mol. The van der Waals surface area contributed by atoms with Crippen molar-refractivity contribution in [3.8, 4) is 11.5 Å². The van der Waals surface area contributed by atoms with E-state index in [2.05, 4.69) is 5.32 Å². The summed E-state index contributed by atoms with van der Waals surface area (Å²) in [6.07, 6.45) is 3.82. The molecule has 1 spiro atoms. The first kappa shape index (κ1) is 25.8. The minimum atomic E-state index is -1.38. The van der Waals surface area contributed by atoms with Crippen LogP contribution >= 0.6 is 0 Å². The van der Waals surface area contributed by atoms with Crippen LogP contribution in [0, 0.1) is 5.92 Å². The van der Waals surface area contributed by atoms with Crippen molar-refractivity contribution < 1.29 is 23.9 Å². The fourth-order valence-corrected chi connectivity index (χ4v) is 7.05. The van der Waals surface area contributed by atoms with Crippen molar-refractivity contribution in [3.05, 3.63) is 131 Å². The lowest BCUT2D eigenvalue weighted by molar-refractivity contribution is -0.122. The number of carbonyl (C=O) groups excluding carboxylic acids is 3.